The highest BCUT2D eigenvalue weighted by molar-refractivity contribution is 6.07. The molecule has 0 unspecified atom stereocenters. The second-order valence-corrected chi connectivity index (χ2v) is 6.03. The van der Waals surface area contributed by atoms with Gasteiger partial charge in [0.05, 0.1) is 11.3 Å². The van der Waals surface area contributed by atoms with Crippen LogP contribution in [0.3, 0.4) is 0 Å². The van der Waals surface area contributed by atoms with Gasteiger partial charge in [0.1, 0.15) is 0 Å². The number of carbonyl (C=O) groups excluding carboxylic acids is 2. The fraction of sp³-hybridized carbons (Fsp3) is 0.222. The highest BCUT2D eigenvalue weighted by atomic mass is 16.2. The van der Waals surface area contributed by atoms with Crippen molar-refractivity contribution in [1.82, 2.24) is 19.6 Å². The summed E-state index contributed by atoms with van der Waals surface area (Å²) in [6.07, 6.45) is 1.70. The average Bonchev–Trinajstić information content (AvgIpc) is 3.11. The third-order valence-corrected chi connectivity index (χ3v) is 4.06. The molecule has 2 heterocycles. The molecule has 0 fully saturated rings. The second kappa shape index (κ2) is 6.83. The van der Waals surface area contributed by atoms with E-state index in [0.29, 0.717) is 28.3 Å². The van der Waals surface area contributed by atoms with Crippen molar-refractivity contribution in [1.29, 1.82) is 0 Å². The number of hydrogen-bond donors (Lipinski definition) is 2. The maximum Gasteiger partial charge on any atom is 0.276 e. The van der Waals surface area contributed by atoms with Crippen LogP contribution in [-0.4, -0.2) is 31.4 Å². The Morgan fingerprint density at radius 2 is 1.62 bits per heavy atom. The van der Waals surface area contributed by atoms with E-state index in [0.717, 1.165) is 5.69 Å². The number of carbonyl (C=O) groups is 2. The number of aryl methyl sites for hydroxylation is 3. The highest BCUT2D eigenvalue weighted by Crippen LogP contribution is 2.19. The Hall–Kier alpha value is -3.42. The maximum absolute atomic E-state index is 12.6. The monoisotopic (exact) mass is 352 g/mol. The van der Waals surface area contributed by atoms with Crippen molar-refractivity contribution in [3.05, 3.63) is 59.2 Å². The van der Waals surface area contributed by atoms with Crippen LogP contribution in [0.2, 0.25) is 0 Å². The van der Waals surface area contributed by atoms with E-state index in [1.54, 1.807) is 66.9 Å². The van der Waals surface area contributed by atoms with Crippen LogP contribution in [0.15, 0.2) is 36.5 Å². The van der Waals surface area contributed by atoms with Crippen LogP contribution in [0, 0.1) is 13.8 Å². The van der Waals surface area contributed by atoms with Gasteiger partial charge in [0.2, 0.25) is 0 Å². The molecule has 2 amide bonds. The fourth-order valence-electron chi connectivity index (χ4n) is 2.70. The third kappa shape index (κ3) is 3.49. The summed E-state index contributed by atoms with van der Waals surface area (Å²) in [7, 11) is 3.54. The van der Waals surface area contributed by atoms with Gasteiger partial charge in [-0.1, -0.05) is 6.07 Å². The molecule has 0 atom stereocenters. The molecule has 0 aliphatic heterocycles. The van der Waals surface area contributed by atoms with Crippen LogP contribution in [0.5, 0.6) is 0 Å². The maximum atomic E-state index is 12.6. The van der Waals surface area contributed by atoms with Crippen molar-refractivity contribution in [3.63, 3.8) is 0 Å². The first-order valence-corrected chi connectivity index (χ1v) is 8.08. The van der Waals surface area contributed by atoms with Crippen LogP contribution in [0.4, 0.5) is 11.4 Å². The summed E-state index contributed by atoms with van der Waals surface area (Å²) in [5.74, 6) is -0.547. The molecule has 0 bridgehead atoms. The smallest absolute Gasteiger partial charge is 0.276 e. The van der Waals surface area contributed by atoms with Crippen molar-refractivity contribution < 1.29 is 9.59 Å². The number of nitrogens with one attached hydrogen (secondary N) is 2. The van der Waals surface area contributed by atoms with E-state index in [-0.39, 0.29) is 11.8 Å². The van der Waals surface area contributed by atoms with E-state index < -0.39 is 0 Å². The summed E-state index contributed by atoms with van der Waals surface area (Å²) in [4.78, 5) is 24.8. The predicted molar refractivity (Wildman–Crippen MR) is 98.2 cm³/mol. The SMILES string of the molecule is Cc1nn(C)c(C)c1C(=O)Nc1cccc(NC(=O)c2ccn(C)n2)c1. The molecular weight excluding hydrogens is 332 g/mol. The topological polar surface area (TPSA) is 93.8 Å². The zero-order valence-electron chi connectivity index (χ0n) is 15.1. The van der Waals surface area contributed by atoms with E-state index in [4.69, 9.17) is 0 Å². The molecule has 8 heteroatoms. The number of hydrogen-bond acceptors (Lipinski definition) is 4. The van der Waals surface area contributed by atoms with Gasteiger partial charge in [-0.15, -0.1) is 0 Å². The molecule has 2 aromatic heterocycles. The van der Waals surface area contributed by atoms with Gasteiger partial charge in [-0.2, -0.15) is 10.2 Å². The normalized spacial score (nSPS) is 10.6. The Balaban J connectivity index is 1.75. The summed E-state index contributed by atoms with van der Waals surface area (Å²) in [6, 6.07) is 8.59. The second-order valence-electron chi connectivity index (χ2n) is 6.03. The number of amides is 2. The molecule has 0 aliphatic carbocycles. The van der Waals surface area contributed by atoms with E-state index in [2.05, 4.69) is 20.8 Å². The van der Waals surface area contributed by atoms with Crippen molar-refractivity contribution in [3.8, 4) is 0 Å². The zero-order chi connectivity index (χ0) is 18.8. The minimum atomic E-state index is -0.312. The molecule has 134 valence electrons. The first kappa shape index (κ1) is 17.4. The van der Waals surface area contributed by atoms with E-state index in [1.165, 1.54) is 0 Å². The number of rotatable bonds is 4. The molecule has 0 saturated heterocycles. The summed E-state index contributed by atoms with van der Waals surface area (Å²) in [5, 5.41) is 13.9. The third-order valence-electron chi connectivity index (χ3n) is 4.06. The molecule has 2 N–H and O–H groups in total. The fourth-order valence-corrected chi connectivity index (χ4v) is 2.70. The van der Waals surface area contributed by atoms with Gasteiger partial charge in [-0.25, -0.2) is 0 Å². The first-order chi connectivity index (χ1) is 12.3. The summed E-state index contributed by atoms with van der Waals surface area (Å²) in [6.45, 7) is 3.64. The number of aromatic nitrogens is 4. The molecule has 26 heavy (non-hydrogen) atoms. The van der Waals surface area contributed by atoms with Gasteiger partial charge in [0.25, 0.3) is 11.8 Å². The van der Waals surface area contributed by atoms with Gasteiger partial charge >= 0.3 is 0 Å². The minimum Gasteiger partial charge on any atom is -0.322 e. The van der Waals surface area contributed by atoms with Crippen LogP contribution < -0.4 is 10.6 Å². The predicted octanol–water partition coefficient (Wildman–Crippen LogP) is 2.28. The minimum absolute atomic E-state index is 0.235. The number of anilines is 2. The van der Waals surface area contributed by atoms with Gasteiger partial charge < -0.3 is 10.6 Å². The van der Waals surface area contributed by atoms with Crippen LogP contribution in [-0.2, 0) is 14.1 Å². The van der Waals surface area contributed by atoms with Gasteiger partial charge in [0, 0.05) is 37.4 Å². The average molecular weight is 352 g/mol. The molecule has 1 aromatic carbocycles. The van der Waals surface area contributed by atoms with Crippen molar-refractivity contribution in [2.75, 3.05) is 10.6 Å². The summed E-state index contributed by atoms with van der Waals surface area (Å²) >= 11 is 0. The Labute approximate surface area is 150 Å². The van der Waals surface area contributed by atoms with Crippen molar-refractivity contribution in [2.24, 2.45) is 14.1 Å². The van der Waals surface area contributed by atoms with Crippen molar-refractivity contribution in [2.45, 2.75) is 13.8 Å². The quantitative estimate of drug-likeness (QED) is 0.753. The highest BCUT2D eigenvalue weighted by Gasteiger charge is 2.17. The lowest BCUT2D eigenvalue weighted by molar-refractivity contribution is 0.101. The lowest BCUT2D eigenvalue weighted by atomic mass is 10.1. The lowest BCUT2D eigenvalue weighted by Crippen LogP contribution is -2.15. The Morgan fingerprint density at radius 1 is 0.962 bits per heavy atom. The van der Waals surface area contributed by atoms with Gasteiger partial charge in [0.15, 0.2) is 5.69 Å². The van der Waals surface area contributed by atoms with E-state index in [1.807, 2.05) is 6.92 Å². The first-order valence-electron chi connectivity index (χ1n) is 8.08. The number of benzene rings is 1. The summed E-state index contributed by atoms with van der Waals surface area (Å²) < 4.78 is 3.23. The molecule has 0 spiro atoms. The van der Waals surface area contributed by atoms with Crippen LogP contribution in [0.1, 0.15) is 32.2 Å². The Kier molecular flexibility index (Phi) is 4.57. The Morgan fingerprint density at radius 3 is 2.15 bits per heavy atom. The molecular formula is C18H20N6O2. The molecule has 8 nitrogen and oxygen atoms in total. The molecule has 0 aliphatic rings. The summed E-state index contributed by atoms with van der Waals surface area (Å²) in [5.41, 5.74) is 3.48. The van der Waals surface area contributed by atoms with E-state index >= 15 is 0 Å². The largest absolute Gasteiger partial charge is 0.322 e. The number of nitrogens with zero attached hydrogens (tertiary/aromatic N) is 4. The molecule has 0 saturated carbocycles. The Bertz CT molecular complexity index is 985. The van der Waals surface area contributed by atoms with Crippen molar-refractivity contribution >= 4 is 23.2 Å². The van der Waals surface area contributed by atoms with Gasteiger partial charge in [-0.3, -0.25) is 19.0 Å². The lowest BCUT2D eigenvalue weighted by Gasteiger charge is -2.08. The van der Waals surface area contributed by atoms with Crippen LogP contribution in [0.25, 0.3) is 0 Å². The zero-order valence-corrected chi connectivity index (χ0v) is 15.1. The molecule has 3 aromatic rings. The standard InChI is InChI=1S/C18H20N6O2/c1-11-16(12(2)24(4)21-11)18(26)20-14-7-5-6-13(10-14)19-17(25)15-8-9-23(3)22-15/h5-10H,1-4H3,(H,19,25)(H,20,26). The molecule has 0 radical (unpaired) electrons. The van der Waals surface area contributed by atoms with Gasteiger partial charge in [-0.05, 0) is 38.1 Å². The molecule has 3 rings (SSSR count). The van der Waals surface area contributed by atoms with Crippen LogP contribution >= 0.6 is 0 Å². The van der Waals surface area contributed by atoms with E-state index in [9.17, 15) is 9.59 Å².